The second-order valence-electron chi connectivity index (χ2n) is 21.7. The molecule has 0 unspecified atom stereocenters. The van der Waals surface area contributed by atoms with E-state index in [1.54, 1.807) is 38.0 Å². The molecule has 2 aromatic carbocycles. The van der Waals surface area contributed by atoms with Crippen LogP contribution in [0.5, 0.6) is 0 Å². The van der Waals surface area contributed by atoms with Crippen LogP contribution in [0.2, 0.25) is 0 Å². The van der Waals surface area contributed by atoms with Gasteiger partial charge in [0.25, 0.3) is 11.8 Å². The van der Waals surface area contributed by atoms with Gasteiger partial charge >= 0.3 is 5.97 Å². The molecule has 0 bridgehead atoms. The molecule has 2 saturated heterocycles. The molecule has 22 nitrogen and oxygen atoms in total. The zero-order valence-electron chi connectivity index (χ0n) is 49.3. The molecule has 2 aliphatic heterocycles. The third-order valence-corrected chi connectivity index (χ3v) is 15.2. The van der Waals surface area contributed by atoms with Crippen LogP contribution in [-0.2, 0) is 68.5 Å². The first-order chi connectivity index (χ1) is 38.8. The van der Waals surface area contributed by atoms with Crippen molar-refractivity contribution in [3.05, 3.63) is 72.1 Å². The van der Waals surface area contributed by atoms with Crippen LogP contribution in [0.3, 0.4) is 0 Å². The molecule has 3 heterocycles. The molecule has 0 radical (unpaired) electrons. The van der Waals surface area contributed by atoms with E-state index in [0.717, 1.165) is 11.1 Å². The van der Waals surface area contributed by atoms with Crippen LogP contribution in [0.25, 0.3) is 11.5 Å². The molecule has 448 valence electrons. The number of likely N-dealkylation sites (N-methyl/N-ethyl adjacent to an activating group) is 2. The maximum atomic E-state index is 14.7. The highest BCUT2D eigenvalue weighted by Crippen LogP contribution is 2.31. The Labute approximate surface area is 477 Å². The molecule has 9 atom stereocenters. The maximum Gasteiger partial charge on any atom is 0.335 e. The van der Waals surface area contributed by atoms with E-state index in [-0.39, 0.29) is 99.4 Å². The number of hydrogen-bond donors (Lipinski definition) is 2. The van der Waals surface area contributed by atoms with Gasteiger partial charge in [-0.25, -0.2) is 4.79 Å². The van der Waals surface area contributed by atoms with Gasteiger partial charge in [-0.1, -0.05) is 103 Å². The number of aromatic nitrogens is 2. The Morgan fingerprint density at radius 2 is 1.38 bits per heavy atom. The molecule has 81 heavy (non-hydrogen) atoms. The molecule has 1 aromatic heterocycles. The van der Waals surface area contributed by atoms with E-state index < -0.39 is 66.1 Å². The van der Waals surface area contributed by atoms with Crippen molar-refractivity contribution >= 4 is 41.4 Å². The van der Waals surface area contributed by atoms with Crippen molar-refractivity contribution in [1.82, 2.24) is 40.6 Å². The quantitative estimate of drug-likeness (QED) is 0.0567. The van der Waals surface area contributed by atoms with Gasteiger partial charge in [-0.05, 0) is 55.3 Å². The van der Waals surface area contributed by atoms with Crippen molar-refractivity contribution in [2.24, 2.45) is 23.7 Å². The van der Waals surface area contributed by atoms with Gasteiger partial charge in [0.2, 0.25) is 35.4 Å². The maximum absolute atomic E-state index is 14.7. The highest BCUT2D eigenvalue weighted by atomic mass is 16.7. The zero-order chi connectivity index (χ0) is 59.2. The molecule has 6 amide bonds. The van der Waals surface area contributed by atoms with Crippen molar-refractivity contribution in [3.8, 4) is 11.5 Å². The number of hydrogen-bond acceptors (Lipinski definition) is 17. The van der Waals surface area contributed by atoms with Crippen LogP contribution in [0, 0.1) is 23.7 Å². The fraction of sp³-hybridized carbons (Fsp3) is 0.644. The monoisotopic (exact) mass is 1130 g/mol. The summed E-state index contributed by atoms with van der Waals surface area (Å²) in [6, 6.07) is 16.1. The summed E-state index contributed by atoms with van der Waals surface area (Å²) < 4.78 is 35.2. The Morgan fingerprint density at radius 3 is 1.98 bits per heavy atom. The lowest BCUT2D eigenvalue weighted by Crippen LogP contribution is -2.60. The molecule has 3 aromatic rings. The number of methoxy groups -OCH3 is 2. The zero-order valence-corrected chi connectivity index (χ0v) is 49.3. The van der Waals surface area contributed by atoms with Gasteiger partial charge in [-0.3, -0.25) is 33.7 Å². The van der Waals surface area contributed by atoms with E-state index in [4.69, 9.17) is 32.9 Å². The Balaban J connectivity index is 1.14. The summed E-state index contributed by atoms with van der Waals surface area (Å²) in [6.45, 7) is 15.8. The van der Waals surface area contributed by atoms with E-state index in [0.29, 0.717) is 62.9 Å². The third-order valence-electron chi connectivity index (χ3n) is 15.2. The Morgan fingerprint density at radius 1 is 0.765 bits per heavy atom. The van der Waals surface area contributed by atoms with Gasteiger partial charge in [-0.2, -0.15) is 0 Å². The predicted molar refractivity (Wildman–Crippen MR) is 299 cm³/mol. The molecular formula is C59H88N8O14. The van der Waals surface area contributed by atoms with Crippen LogP contribution in [0.15, 0.2) is 65.1 Å². The summed E-state index contributed by atoms with van der Waals surface area (Å²) in [7, 11) is 6.66. The summed E-state index contributed by atoms with van der Waals surface area (Å²) in [5.74, 6) is -3.48. The SMILES string of the molecule is CC[C@H](C)[C@@H]([C@@H](CC(=O)N1CCC[C@H]1[C@H](OC)[C@@H](C)C(=O)N[C@@H](Cc1ccccc1)c1nnc(-c2ccccc2)o1)OC)N(C)C(=O)[C@@H](NC(=O)[C@H](C(C)C)N(C)CCOCCOCCOCCC(=O)ON1C(=O)CCC1=O)C(C)C. The average molecular weight is 1130 g/mol. The topological polar surface area (TPSA) is 251 Å². The standard InChI is InChI=1S/C59H88N8O14/c1-12-40(6)53(65(9)59(74)51(38(2)3)61-56(73)52(39(4)5)64(8)29-31-78-33-35-79-34-32-77-30-27-50(71)81-67-47(68)25-26-48(67)69)46(75-10)37-49(70)66-28-19-24-45(66)54(76-11)41(7)55(72)60-44(36-42-20-15-13-16-21-42)58-63-62-57(80-58)43-22-17-14-18-23-43/h13-18,20-23,38-41,44-46,51-54H,12,19,24-37H2,1-11H3,(H,60,72)(H,61,73)/t40-,41+,44-,45-,46+,51-,52-,53-,54+/m0/s1. The number of amides is 6. The number of carbonyl (C=O) groups is 7. The number of hydroxylamine groups is 2. The number of carbonyl (C=O) groups excluding carboxylic acids is 7. The van der Waals surface area contributed by atoms with E-state index in [1.807, 2.05) is 114 Å². The lowest BCUT2D eigenvalue weighted by atomic mass is 9.89. The first-order valence-electron chi connectivity index (χ1n) is 28.5. The Kier molecular flexibility index (Phi) is 26.8. The van der Waals surface area contributed by atoms with E-state index in [1.165, 1.54) is 0 Å². The highest BCUT2D eigenvalue weighted by Gasteiger charge is 2.44. The summed E-state index contributed by atoms with van der Waals surface area (Å²) in [5, 5.41) is 15.4. The van der Waals surface area contributed by atoms with Crippen molar-refractivity contribution in [1.29, 1.82) is 0 Å². The number of benzene rings is 2. The van der Waals surface area contributed by atoms with Gasteiger partial charge in [-0.15, -0.1) is 15.3 Å². The fourth-order valence-corrected chi connectivity index (χ4v) is 10.6. The number of ether oxygens (including phenoxy) is 5. The lowest BCUT2D eigenvalue weighted by molar-refractivity contribution is -0.198. The van der Waals surface area contributed by atoms with E-state index in [2.05, 4.69) is 20.8 Å². The molecular weight excluding hydrogens is 1040 g/mol. The van der Waals surface area contributed by atoms with Gasteiger partial charge in [0.1, 0.15) is 12.1 Å². The van der Waals surface area contributed by atoms with Gasteiger partial charge in [0, 0.05) is 59.2 Å². The van der Waals surface area contributed by atoms with Crippen LogP contribution >= 0.6 is 0 Å². The highest BCUT2D eigenvalue weighted by molar-refractivity contribution is 6.01. The summed E-state index contributed by atoms with van der Waals surface area (Å²) in [6.07, 6.45) is 0.925. The Bertz CT molecular complexity index is 2450. The number of rotatable bonds is 35. The first kappa shape index (κ1) is 65.6. The second kappa shape index (κ2) is 33.1. The molecule has 5 rings (SSSR count). The summed E-state index contributed by atoms with van der Waals surface area (Å²) >= 11 is 0. The number of nitrogens with zero attached hydrogens (tertiary/aromatic N) is 6. The minimum atomic E-state index is -0.884. The van der Waals surface area contributed by atoms with Crippen LogP contribution in [0.1, 0.15) is 111 Å². The molecule has 0 aliphatic carbocycles. The normalized spacial score (nSPS) is 17.7. The van der Waals surface area contributed by atoms with Crippen molar-refractivity contribution in [3.63, 3.8) is 0 Å². The number of nitrogens with one attached hydrogen (secondary N) is 2. The van der Waals surface area contributed by atoms with Gasteiger partial charge < -0.3 is 53.4 Å². The molecule has 0 spiro atoms. The molecule has 22 heteroatoms. The number of imide groups is 1. The lowest BCUT2D eigenvalue weighted by Gasteiger charge is -2.41. The fourth-order valence-electron chi connectivity index (χ4n) is 10.6. The van der Waals surface area contributed by atoms with Gasteiger partial charge in [0.05, 0.1) is 88.7 Å². The Hall–Kier alpha value is -6.17. The van der Waals surface area contributed by atoms with Crippen molar-refractivity contribution in [2.45, 2.75) is 142 Å². The van der Waals surface area contributed by atoms with Crippen molar-refractivity contribution in [2.75, 3.05) is 81.0 Å². The first-order valence-corrected chi connectivity index (χ1v) is 28.5. The van der Waals surface area contributed by atoms with E-state index in [9.17, 15) is 33.6 Å². The average Bonchev–Trinajstić information content (AvgIpc) is 4.25. The molecule has 2 N–H and O–H groups in total. The van der Waals surface area contributed by atoms with Crippen molar-refractivity contribution < 1.29 is 66.5 Å². The van der Waals surface area contributed by atoms with E-state index >= 15 is 0 Å². The largest absolute Gasteiger partial charge is 0.418 e. The third kappa shape index (κ3) is 18.9. The smallest absolute Gasteiger partial charge is 0.335 e. The molecule has 0 saturated carbocycles. The van der Waals surface area contributed by atoms with Crippen LogP contribution in [0.4, 0.5) is 0 Å². The molecule has 2 aliphatic rings. The minimum absolute atomic E-state index is 0.0235. The second-order valence-corrected chi connectivity index (χ2v) is 21.7. The number of likely N-dealkylation sites (tertiary alicyclic amines) is 1. The van der Waals surface area contributed by atoms with Crippen LogP contribution < -0.4 is 10.6 Å². The minimum Gasteiger partial charge on any atom is -0.418 e. The van der Waals surface area contributed by atoms with Crippen LogP contribution in [-0.4, -0.2) is 189 Å². The molecule has 2 fully saturated rings. The summed E-state index contributed by atoms with van der Waals surface area (Å²) in [4.78, 5) is 103. The van der Waals surface area contributed by atoms with Gasteiger partial charge in [0.15, 0.2) is 0 Å². The predicted octanol–water partition coefficient (Wildman–Crippen LogP) is 5.20. The summed E-state index contributed by atoms with van der Waals surface area (Å²) in [5.41, 5.74) is 1.72.